The van der Waals surface area contributed by atoms with Crippen LogP contribution in [-0.2, 0) is 0 Å². The highest BCUT2D eigenvalue weighted by Crippen LogP contribution is 2.19. The van der Waals surface area contributed by atoms with E-state index in [0.29, 0.717) is 5.56 Å². The van der Waals surface area contributed by atoms with Gasteiger partial charge in [0.2, 0.25) is 5.78 Å². The molecule has 0 aliphatic carbocycles. The van der Waals surface area contributed by atoms with Crippen LogP contribution in [0.4, 0.5) is 0 Å². The summed E-state index contributed by atoms with van der Waals surface area (Å²) in [6.45, 7) is 7.88. The van der Waals surface area contributed by atoms with E-state index in [9.17, 15) is 4.79 Å². The molecule has 2 heteroatoms. The molecule has 0 aliphatic rings. The fourth-order valence-corrected chi connectivity index (χ4v) is 2.00. The topological polar surface area (TPSA) is 26.3 Å². The van der Waals surface area contributed by atoms with Gasteiger partial charge in [-0.3, -0.25) is 4.79 Å². The van der Waals surface area contributed by atoms with Gasteiger partial charge in [0, 0.05) is 5.56 Å². The van der Waals surface area contributed by atoms with Gasteiger partial charge in [0.15, 0.2) is 6.10 Å². The molecule has 2 rings (SSSR count). The zero-order chi connectivity index (χ0) is 14.7. The normalized spacial score (nSPS) is 12.0. The molecule has 0 fully saturated rings. The standard InChI is InChI=1S/C18H20O2/c1-12-5-8-16(9-6-12)18(19)15(4)20-17-10-7-13(2)14(3)11-17/h5-11,15H,1-4H3/t15-/m0/s1. The molecular weight excluding hydrogens is 248 g/mol. The molecule has 0 radical (unpaired) electrons. The molecule has 0 aliphatic heterocycles. The molecule has 0 saturated heterocycles. The smallest absolute Gasteiger partial charge is 0.202 e. The Hall–Kier alpha value is -2.09. The predicted molar refractivity (Wildman–Crippen MR) is 81.5 cm³/mol. The molecule has 0 bridgehead atoms. The zero-order valence-electron chi connectivity index (χ0n) is 12.4. The number of rotatable bonds is 4. The number of carbonyl (C=O) groups excluding carboxylic acids is 1. The average molecular weight is 268 g/mol. The highest BCUT2D eigenvalue weighted by atomic mass is 16.5. The third-order valence-corrected chi connectivity index (χ3v) is 3.50. The Morgan fingerprint density at radius 1 is 0.950 bits per heavy atom. The number of ketones is 1. The lowest BCUT2D eigenvalue weighted by atomic mass is 10.1. The minimum absolute atomic E-state index is 0.00299. The van der Waals surface area contributed by atoms with E-state index in [0.717, 1.165) is 16.9 Å². The van der Waals surface area contributed by atoms with E-state index in [2.05, 4.69) is 6.92 Å². The minimum Gasteiger partial charge on any atom is -0.483 e. The Labute approximate surface area is 120 Å². The molecular formula is C18H20O2. The number of aryl methyl sites for hydroxylation is 3. The second-order valence-electron chi connectivity index (χ2n) is 5.24. The fourth-order valence-electron chi connectivity index (χ4n) is 2.00. The van der Waals surface area contributed by atoms with Crippen LogP contribution < -0.4 is 4.74 Å². The van der Waals surface area contributed by atoms with Crippen molar-refractivity contribution in [3.63, 3.8) is 0 Å². The number of hydrogen-bond acceptors (Lipinski definition) is 2. The fraction of sp³-hybridized carbons (Fsp3) is 0.278. The van der Waals surface area contributed by atoms with Crippen LogP contribution in [-0.4, -0.2) is 11.9 Å². The molecule has 0 heterocycles. The number of Topliss-reactive ketones (excluding diaryl/α,β-unsaturated/α-hetero) is 1. The van der Waals surface area contributed by atoms with Crippen LogP contribution >= 0.6 is 0 Å². The second-order valence-corrected chi connectivity index (χ2v) is 5.24. The van der Waals surface area contributed by atoms with Gasteiger partial charge in [0.25, 0.3) is 0 Å². The monoisotopic (exact) mass is 268 g/mol. The summed E-state index contributed by atoms with van der Waals surface area (Å²) in [6.07, 6.45) is -0.486. The summed E-state index contributed by atoms with van der Waals surface area (Å²) in [4.78, 5) is 12.3. The van der Waals surface area contributed by atoms with Crippen LogP contribution in [0.5, 0.6) is 5.75 Å². The molecule has 2 nitrogen and oxygen atoms in total. The van der Waals surface area contributed by atoms with Gasteiger partial charge in [-0.1, -0.05) is 35.9 Å². The SMILES string of the molecule is Cc1ccc(C(=O)[C@H](C)Oc2ccc(C)c(C)c2)cc1. The van der Waals surface area contributed by atoms with E-state index in [-0.39, 0.29) is 5.78 Å². The summed E-state index contributed by atoms with van der Waals surface area (Å²) in [5.41, 5.74) is 4.21. The Morgan fingerprint density at radius 3 is 2.20 bits per heavy atom. The van der Waals surface area contributed by atoms with Crippen LogP contribution in [0.25, 0.3) is 0 Å². The minimum atomic E-state index is -0.486. The van der Waals surface area contributed by atoms with Crippen LogP contribution in [0.15, 0.2) is 42.5 Å². The van der Waals surface area contributed by atoms with Gasteiger partial charge < -0.3 is 4.74 Å². The van der Waals surface area contributed by atoms with E-state index in [1.165, 1.54) is 5.56 Å². The van der Waals surface area contributed by atoms with Gasteiger partial charge in [0.05, 0.1) is 0 Å². The first-order valence-corrected chi connectivity index (χ1v) is 6.82. The summed E-state index contributed by atoms with van der Waals surface area (Å²) < 4.78 is 5.75. The summed E-state index contributed by atoms with van der Waals surface area (Å²) in [6, 6.07) is 13.4. The Morgan fingerprint density at radius 2 is 1.60 bits per heavy atom. The van der Waals surface area contributed by atoms with Crippen molar-refractivity contribution in [2.45, 2.75) is 33.8 Å². The summed E-state index contributed by atoms with van der Waals surface area (Å²) in [5, 5.41) is 0. The molecule has 0 amide bonds. The summed E-state index contributed by atoms with van der Waals surface area (Å²) in [5.74, 6) is 0.740. The van der Waals surface area contributed by atoms with E-state index >= 15 is 0 Å². The van der Waals surface area contributed by atoms with Crippen molar-refractivity contribution in [3.8, 4) is 5.75 Å². The maximum Gasteiger partial charge on any atom is 0.202 e. The van der Waals surface area contributed by atoms with Crippen LogP contribution in [0.2, 0.25) is 0 Å². The van der Waals surface area contributed by atoms with Crippen LogP contribution in [0.1, 0.15) is 34.0 Å². The first-order valence-electron chi connectivity index (χ1n) is 6.82. The van der Waals surface area contributed by atoms with Gasteiger partial charge in [-0.25, -0.2) is 0 Å². The number of carbonyl (C=O) groups is 1. The van der Waals surface area contributed by atoms with Crippen LogP contribution in [0, 0.1) is 20.8 Å². The third-order valence-electron chi connectivity index (χ3n) is 3.50. The van der Waals surface area contributed by atoms with E-state index in [4.69, 9.17) is 4.74 Å². The quantitative estimate of drug-likeness (QED) is 0.774. The number of hydrogen-bond donors (Lipinski definition) is 0. The molecule has 20 heavy (non-hydrogen) atoms. The first-order chi connectivity index (χ1) is 9.47. The van der Waals surface area contributed by atoms with Crippen molar-refractivity contribution in [3.05, 3.63) is 64.7 Å². The molecule has 0 aromatic heterocycles. The van der Waals surface area contributed by atoms with Gasteiger partial charge in [-0.15, -0.1) is 0 Å². The summed E-state index contributed by atoms with van der Waals surface area (Å²) >= 11 is 0. The number of ether oxygens (including phenoxy) is 1. The maximum atomic E-state index is 12.3. The van der Waals surface area contributed by atoms with E-state index in [1.54, 1.807) is 6.92 Å². The lowest BCUT2D eigenvalue weighted by Gasteiger charge is -2.15. The highest BCUT2D eigenvalue weighted by molar-refractivity contribution is 5.99. The van der Waals surface area contributed by atoms with Crippen molar-refractivity contribution >= 4 is 5.78 Å². The van der Waals surface area contributed by atoms with Crippen LogP contribution in [0.3, 0.4) is 0 Å². The van der Waals surface area contributed by atoms with E-state index in [1.807, 2.05) is 56.3 Å². The second kappa shape index (κ2) is 5.91. The molecule has 0 spiro atoms. The van der Waals surface area contributed by atoms with Gasteiger partial charge in [0.1, 0.15) is 5.75 Å². The largest absolute Gasteiger partial charge is 0.483 e. The molecule has 104 valence electrons. The Balaban J connectivity index is 2.11. The lowest BCUT2D eigenvalue weighted by molar-refractivity contribution is 0.0818. The maximum absolute atomic E-state index is 12.3. The first kappa shape index (κ1) is 14.3. The molecule has 2 aromatic rings. The number of benzene rings is 2. The van der Waals surface area contributed by atoms with Crippen molar-refractivity contribution in [2.24, 2.45) is 0 Å². The van der Waals surface area contributed by atoms with Gasteiger partial charge in [-0.05, 0) is 51.0 Å². The van der Waals surface area contributed by atoms with Gasteiger partial charge >= 0.3 is 0 Å². The third kappa shape index (κ3) is 3.27. The van der Waals surface area contributed by atoms with Crippen molar-refractivity contribution in [1.82, 2.24) is 0 Å². The Kier molecular flexibility index (Phi) is 4.23. The van der Waals surface area contributed by atoms with Crippen molar-refractivity contribution < 1.29 is 9.53 Å². The van der Waals surface area contributed by atoms with E-state index < -0.39 is 6.10 Å². The highest BCUT2D eigenvalue weighted by Gasteiger charge is 2.16. The van der Waals surface area contributed by atoms with Crippen molar-refractivity contribution in [2.75, 3.05) is 0 Å². The van der Waals surface area contributed by atoms with Crippen molar-refractivity contribution in [1.29, 1.82) is 0 Å². The molecule has 0 unspecified atom stereocenters. The molecule has 0 saturated carbocycles. The molecule has 0 N–H and O–H groups in total. The molecule has 1 atom stereocenters. The summed E-state index contributed by atoms with van der Waals surface area (Å²) in [7, 11) is 0. The predicted octanol–water partition coefficient (Wildman–Crippen LogP) is 4.26. The average Bonchev–Trinajstić information content (AvgIpc) is 2.43. The lowest BCUT2D eigenvalue weighted by Crippen LogP contribution is -2.23. The Bertz CT molecular complexity index is 612. The van der Waals surface area contributed by atoms with Gasteiger partial charge in [-0.2, -0.15) is 0 Å². The zero-order valence-corrected chi connectivity index (χ0v) is 12.4. The molecule has 2 aromatic carbocycles.